The van der Waals surface area contributed by atoms with Crippen LogP contribution in [0.4, 0.5) is 0 Å². The summed E-state index contributed by atoms with van der Waals surface area (Å²) in [5.41, 5.74) is 3.63. The van der Waals surface area contributed by atoms with Gasteiger partial charge < -0.3 is 10.2 Å². The van der Waals surface area contributed by atoms with Gasteiger partial charge >= 0.3 is 0 Å². The summed E-state index contributed by atoms with van der Waals surface area (Å²) in [5, 5.41) is 22.6. The highest BCUT2D eigenvalue weighted by atomic mass is 35.5. The van der Waals surface area contributed by atoms with E-state index < -0.39 is 18.3 Å². The third-order valence-corrected chi connectivity index (χ3v) is 3.72. The van der Waals surface area contributed by atoms with Gasteiger partial charge in [-0.2, -0.15) is 5.10 Å². The molecule has 0 aliphatic heterocycles. The number of aromatic hydroxyl groups is 1. The van der Waals surface area contributed by atoms with Gasteiger partial charge in [0.2, 0.25) is 0 Å². The first-order valence-corrected chi connectivity index (χ1v) is 8.09. The lowest BCUT2D eigenvalue weighted by Gasteiger charge is -2.03. The summed E-state index contributed by atoms with van der Waals surface area (Å²) < 4.78 is 0. The predicted octanol–water partition coefficient (Wildman–Crippen LogP) is 3.04. The fourth-order valence-electron chi connectivity index (χ4n) is 1.90. The molecule has 0 heterocycles. The van der Waals surface area contributed by atoms with Crippen LogP contribution in [0.5, 0.6) is 5.75 Å². The van der Waals surface area contributed by atoms with Crippen LogP contribution in [0, 0.1) is 0 Å². The first kappa shape index (κ1) is 19.7. The molecule has 2 rings (SSSR count). The Morgan fingerprint density at radius 2 is 1.85 bits per heavy atom. The monoisotopic (exact) mass is 392 g/mol. The van der Waals surface area contributed by atoms with E-state index in [1.807, 2.05) is 0 Å². The molecule has 1 amide bonds. The molecule has 0 radical (unpaired) electrons. The number of hydrazone groups is 1. The van der Waals surface area contributed by atoms with E-state index in [2.05, 4.69) is 10.5 Å². The minimum absolute atomic E-state index is 0.0774. The largest absolute Gasteiger partial charge is 0.506 e. The molecule has 0 saturated carbocycles. The van der Waals surface area contributed by atoms with Gasteiger partial charge in [0.05, 0.1) is 11.2 Å². The highest BCUT2D eigenvalue weighted by Crippen LogP contribution is 2.29. The Kier molecular flexibility index (Phi) is 6.91. The summed E-state index contributed by atoms with van der Waals surface area (Å²) in [6.07, 6.45) is 4.01. The maximum absolute atomic E-state index is 12.0. The van der Waals surface area contributed by atoms with Gasteiger partial charge in [0.15, 0.2) is 5.78 Å². The third kappa shape index (κ3) is 5.42. The first-order valence-electron chi connectivity index (χ1n) is 7.34. The van der Waals surface area contributed by atoms with Crippen molar-refractivity contribution in [3.63, 3.8) is 0 Å². The lowest BCUT2D eigenvalue weighted by atomic mass is 10.1. The number of benzene rings is 2. The van der Waals surface area contributed by atoms with Gasteiger partial charge in [-0.25, -0.2) is 5.43 Å². The fraction of sp³-hybridized carbons (Fsp3) is 0.0556. The molecular formula is C18H14Cl2N2O4. The minimum atomic E-state index is -0.553. The second kappa shape index (κ2) is 9.15. The van der Waals surface area contributed by atoms with Crippen molar-refractivity contribution in [2.24, 2.45) is 5.10 Å². The number of phenols is 1. The Balaban J connectivity index is 2.02. The van der Waals surface area contributed by atoms with Crippen molar-refractivity contribution in [1.29, 1.82) is 0 Å². The van der Waals surface area contributed by atoms with E-state index in [1.165, 1.54) is 30.5 Å². The Labute approximate surface area is 159 Å². The summed E-state index contributed by atoms with van der Waals surface area (Å²) in [6, 6.07) is 9.24. The van der Waals surface area contributed by atoms with Crippen molar-refractivity contribution in [2.75, 3.05) is 6.61 Å². The molecule has 2 aromatic rings. The molecule has 0 fully saturated rings. The lowest BCUT2D eigenvalue weighted by Crippen LogP contribution is -2.17. The molecule has 26 heavy (non-hydrogen) atoms. The number of nitrogens with one attached hydrogen (secondary N) is 1. The van der Waals surface area contributed by atoms with Crippen molar-refractivity contribution >= 4 is 47.2 Å². The zero-order chi connectivity index (χ0) is 19.1. The number of aliphatic hydroxyl groups is 1. The number of rotatable bonds is 6. The fourth-order valence-corrected chi connectivity index (χ4v) is 2.41. The zero-order valence-corrected chi connectivity index (χ0v) is 14.8. The third-order valence-electron chi connectivity index (χ3n) is 3.22. The number of phenolic OH excluding ortho intramolecular Hbond substituents is 1. The Morgan fingerprint density at radius 3 is 2.50 bits per heavy atom. The summed E-state index contributed by atoms with van der Waals surface area (Å²) in [6.45, 7) is -0.553. The molecule has 2 aromatic carbocycles. The SMILES string of the molecule is O=C(/C=C/c1ccc(C(=O)N/N=C/c2cc(Cl)cc(Cl)c2O)cc1)CO. The molecule has 0 aliphatic rings. The Bertz CT molecular complexity index is 878. The van der Waals surface area contributed by atoms with Crippen molar-refractivity contribution in [1.82, 2.24) is 5.43 Å². The zero-order valence-electron chi connectivity index (χ0n) is 13.3. The molecule has 0 unspecified atom stereocenters. The predicted molar refractivity (Wildman–Crippen MR) is 101 cm³/mol. The number of hydrogen-bond acceptors (Lipinski definition) is 5. The number of carbonyl (C=O) groups excluding carboxylic acids is 2. The molecule has 0 aromatic heterocycles. The van der Waals surface area contributed by atoms with Crippen LogP contribution in [0.25, 0.3) is 6.08 Å². The van der Waals surface area contributed by atoms with Crippen molar-refractivity contribution < 1.29 is 19.8 Å². The smallest absolute Gasteiger partial charge is 0.271 e. The number of ketones is 1. The molecule has 0 saturated heterocycles. The van der Waals surface area contributed by atoms with Crippen LogP contribution >= 0.6 is 23.2 Å². The number of carbonyl (C=O) groups is 2. The summed E-state index contributed by atoms with van der Waals surface area (Å²) in [4.78, 5) is 23.0. The Morgan fingerprint density at radius 1 is 1.15 bits per heavy atom. The maximum Gasteiger partial charge on any atom is 0.271 e. The number of aliphatic hydroxyl groups excluding tert-OH is 1. The van der Waals surface area contributed by atoms with Crippen LogP contribution in [0.1, 0.15) is 21.5 Å². The molecule has 6 nitrogen and oxygen atoms in total. The second-order valence-corrected chi connectivity index (χ2v) is 5.95. The van der Waals surface area contributed by atoms with Gasteiger partial charge in [-0.05, 0) is 35.9 Å². The standard InChI is InChI=1S/C18H14Cl2N2O4/c19-14-7-13(17(25)16(20)8-14)9-21-22-18(26)12-4-1-11(2-5-12)3-6-15(24)10-23/h1-9,23,25H,10H2,(H,22,26)/b6-3+,21-9+. The quantitative estimate of drug-likeness (QED) is 0.399. The highest BCUT2D eigenvalue weighted by molar-refractivity contribution is 6.36. The first-order chi connectivity index (χ1) is 12.4. The van der Waals surface area contributed by atoms with E-state index in [1.54, 1.807) is 24.3 Å². The van der Waals surface area contributed by atoms with Gasteiger partial charge in [0.1, 0.15) is 12.4 Å². The van der Waals surface area contributed by atoms with Gasteiger partial charge in [-0.1, -0.05) is 41.4 Å². The van der Waals surface area contributed by atoms with Crippen LogP contribution in [-0.4, -0.2) is 34.7 Å². The molecular weight excluding hydrogens is 379 g/mol. The van der Waals surface area contributed by atoms with Crippen LogP contribution in [0.3, 0.4) is 0 Å². The number of amides is 1. The van der Waals surface area contributed by atoms with Crippen molar-refractivity contribution in [3.8, 4) is 5.75 Å². The highest BCUT2D eigenvalue weighted by Gasteiger charge is 2.07. The minimum Gasteiger partial charge on any atom is -0.506 e. The van der Waals surface area contributed by atoms with Crippen molar-refractivity contribution in [2.45, 2.75) is 0 Å². The van der Waals surface area contributed by atoms with Crippen LogP contribution in [0.15, 0.2) is 47.6 Å². The van der Waals surface area contributed by atoms with Gasteiger partial charge in [-0.15, -0.1) is 0 Å². The van der Waals surface area contributed by atoms with Crippen LogP contribution in [-0.2, 0) is 4.79 Å². The van der Waals surface area contributed by atoms with E-state index in [4.69, 9.17) is 28.3 Å². The number of nitrogens with zero attached hydrogens (tertiary/aromatic N) is 1. The molecule has 0 atom stereocenters. The summed E-state index contributed by atoms with van der Waals surface area (Å²) in [7, 11) is 0. The topological polar surface area (TPSA) is 99.0 Å². The number of halogens is 2. The normalized spacial score (nSPS) is 11.2. The maximum atomic E-state index is 12.0. The van der Waals surface area contributed by atoms with Gasteiger partial charge in [0.25, 0.3) is 5.91 Å². The molecule has 0 aliphatic carbocycles. The van der Waals surface area contributed by atoms with E-state index in [-0.39, 0.29) is 16.3 Å². The van der Waals surface area contributed by atoms with Gasteiger partial charge in [-0.3, -0.25) is 9.59 Å². The molecule has 0 bridgehead atoms. The van der Waals surface area contributed by atoms with E-state index in [0.29, 0.717) is 16.1 Å². The second-order valence-electron chi connectivity index (χ2n) is 5.10. The summed E-state index contributed by atoms with van der Waals surface area (Å²) >= 11 is 11.6. The Hall–Kier alpha value is -2.67. The van der Waals surface area contributed by atoms with Crippen LogP contribution < -0.4 is 5.43 Å². The number of hydrogen-bond donors (Lipinski definition) is 3. The van der Waals surface area contributed by atoms with Gasteiger partial charge in [0, 0.05) is 16.1 Å². The molecule has 0 spiro atoms. The van der Waals surface area contributed by atoms with E-state index in [9.17, 15) is 14.7 Å². The average Bonchev–Trinajstić information content (AvgIpc) is 2.63. The molecule has 134 valence electrons. The molecule has 3 N–H and O–H groups in total. The molecule has 8 heteroatoms. The average molecular weight is 393 g/mol. The summed E-state index contributed by atoms with van der Waals surface area (Å²) in [5.74, 6) is -1.07. The van der Waals surface area contributed by atoms with E-state index in [0.717, 1.165) is 0 Å². The van der Waals surface area contributed by atoms with Crippen LogP contribution in [0.2, 0.25) is 10.0 Å². The lowest BCUT2D eigenvalue weighted by molar-refractivity contribution is -0.117. The van der Waals surface area contributed by atoms with Crippen molar-refractivity contribution in [3.05, 3.63) is 69.2 Å². The van der Waals surface area contributed by atoms with E-state index >= 15 is 0 Å².